The van der Waals surface area contributed by atoms with Crippen molar-refractivity contribution in [3.63, 3.8) is 0 Å². The molecule has 25 heavy (non-hydrogen) atoms. The number of nitrogens with one attached hydrogen (secondary N) is 3. The van der Waals surface area contributed by atoms with Crippen LogP contribution in [0.4, 0.5) is 5.69 Å². The average molecular weight is 336 g/mol. The number of amides is 2. The van der Waals surface area contributed by atoms with Crippen molar-refractivity contribution in [1.82, 2.24) is 10.4 Å². The molecule has 0 saturated carbocycles. The number of hydrogen-bond donors (Lipinski definition) is 3. The lowest BCUT2D eigenvalue weighted by molar-refractivity contribution is -0.136. The second kappa shape index (κ2) is 7.31. The topological polar surface area (TPSA) is 95.6 Å². The third-order valence-corrected chi connectivity index (χ3v) is 3.55. The monoisotopic (exact) mass is 336 g/mol. The molecule has 0 aliphatic heterocycles. The van der Waals surface area contributed by atoms with Crippen molar-refractivity contribution in [2.75, 3.05) is 12.4 Å². The van der Waals surface area contributed by atoms with Gasteiger partial charge in [-0.25, -0.2) is 5.43 Å². The Morgan fingerprint density at radius 3 is 2.68 bits per heavy atom. The highest BCUT2D eigenvalue weighted by Gasteiger charge is 2.14. The van der Waals surface area contributed by atoms with E-state index >= 15 is 0 Å². The summed E-state index contributed by atoms with van der Waals surface area (Å²) in [7, 11) is 1.48. The lowest BCUT2D eigenvalue weighted by Crippen LogP contribution is -2.32. The van der Waals surface area contributed by atoms with E-state index in [9.17, 15) is 9.59 Å². The van der Waals surface area contributed by atoms with Gasteiger partial charge in [0.2, 0.25) is 0 Å². The van der Waals surface area contributed by atoms with Crippen LogP contribution < -0.4 is 15.5 Å². The molecule has 1 heterocycles. The zero-order valence-electron chi connectivity index (χ0n) is 13.4. The Balaban J connectivity index is 1.63. The zero-order chi connectivity index (χ0) is 17.6. The van der Waals surface area contributed by atoms with E-state index in [-0.39, 0.29) is 0 Å². The molecular weight excluding hydrogens is 320 g/mol. The predicted octanol–water partition coefficient (Wildman–Crippen LogP) is 2.27. The number of aromatic nitrogens is 1. The van der Waals surface area contributed by atoms with Crippen molar-refractivity contribution in [3.05, 3.63) is 60.3 Å². The summed E-state index contributed by atoms with van der Waals surface area (Å²) in [5.41, 5.74) is 4.38. The van der Waals surface area contributed by atoms with Crippen LogP contribution in [0.25, 0.3) is 10.9 Å². The molecule has 3 N–H and O–H groups in total. The molecule has 3 aromatic rings. The lowest BCUT2D eigenvalue weighted by Gasteiger charge is -2.08. The van der Waals surface area contributed by atoms with E-state index in [0.717, 1.165) is 16.5 Å². The number of hydrazone groups is 1. The van der Waals surface area contributed by atoms with E-state index in [2.05, 4.69) is 20.8 Å². The van der Waals surface area contributed by atoms with Crippen molar-refractivity contribution < 1.29 is 14.3 Å². The predicted molar refractivity (Wildman–Crippen MR) is 95.7 cm³/mol. The van der Waals surface area contributed by atoms with Crippen molar-refractivity contribution >= 4 is 34.6 Å². The second-order valence-electron chi connectivity index (χ2n) is 5.14. The van der Waals surface area contributed by atoms with E-state index in [4.69, 9.17) is 4.74 Å². The van der Waals surface area contributed by atoms with Gasteiger partial charge in [-0.1, -0.05) is 30.3 Å². The van der Waals surface area contributed by atoms with E-state index in [1.165, 1.54) is 13.3 Å². The molecule has 2 amide bonds. The summed E-state index contributed by atoms with van der Waals surface area (Å²) < 4.78 is 5.12. The lowest BCUT2D eigenvalue weighted by atomic mass is 10.2. The van der Waals surface area contributed by atoms with Gasteiger partial charge in [-0.05, 0) is 18.2 Å². The van der Waals surface area contributed by atoms with Gasteiger partial charge in [0.1, 0.15) is 5.75 Å². The number of para-hydroxylation sites is 3. The molecule has 0 spiro atoms. The number of aromatic amines is 1. The number of anilines is 1. The largest absolute Gasteiger partial charge is 0.495 e. The molecule has 7 heteroatoms. The van der Waals surface area contributed by atoms with Gasteiger partial charge < -0.3 is 15.0 Å². The molecule has 1 aromatic heterocycles. The summed E-state index contributed by atoms with van der Waals surface area (Å²) in [6.45, 7) is 0. The first-order valence-corrected chi connectivity index (χ1v) is 7.52. The minimum Gasteiger partial charge on any atom is -0.495 e. The maximum atomic E-state index is 11.9. The van der Waals surface area contributed by atoms with Crippen LogP contribution in [-0.2, 0) is 9.59 Å². The number of fused-ring (bicyclic) bond motifs is 1. The van der Waals surface area contributed by atoms with Crippen LogP contribution in [0, 0.1) is 0 Å². The van der Waals surface area contributed by atoms with Gasteiger partial charge in [0.15, 0.2) is 0 Å². The minimum absolute atomic E-state index is 0.408. The Bertz CT molecular complexity index is 946. The maximum absolute atomic E-state index is 11.9. The number of hydrogen-bond acceptors (Lipinski definition) is 4. The van der Waals surface area contributed by atoms with E-state index in [1.54, 1.807) is 30.5 Å². The van der Waals surface area contributed by atoms with Gasteiger partial charge in [0, 0.05) is 22.7 Å². The van der Waals surface area contributed by atoms with Gasteiger partial charge in [-0.2, -0.15) is 5.10 Å². The molecule has 0 aliphatic carbocycles. The number of carbonyl (C=O) groups excluding carboxylic acids is 2. The fourth-order valence-electron chi connectivity index (χ4n) is 2.34. The first kappa shape index (κ1) is 16.3. The van der Waals surface area contributed by atoms with Crippen LogP contribution in [0.1, 0.15) is 5.56 Å². The van der Waals surface area contributed by atoms with E-state index in [1.807, 2.05) is 24.3 Å². The van der Waals surface area contributed by atoms with Gasteiger partial charge in [-0.15, -0.1) is 0 Å². The van der Waals surface area contributed by atoms with Gasteiger partial charge in [-0.3, -0.25) is 9.59 Å². The molecule has 3 rings (SSSR count). The number of carbonyl (C=O) groups is 2. The summed E-state index contributed by atoms with van der Waals surface area (Å²) in [4.78, 5) is 26.9. The third-order valence-electron chi connectivity index (χ3n) is 3.55. The van der Waals surface area contributed by atoms with Crippen LogP contribution in [0.3, 0.4) is 0 Å². The molecule has 0 fully saturated rings. The van der Waals surface area contributed by atoms with Crippen LogP contribution in [-0.4, -0.2) is 30.1 Å². The van der Waals surface area contributed by atoms with Crippen LogP contribution in [0.2, 0.25) is 0 Å². The van der Waals surface area contributed by atoms with Gasteiger partial charge in [0.05, 0.1) is 19.0 Å². The number of methoxy groups -OCH3 is 1. The Hall–Kier alpha value is -3.61. The Kier molecular flexibility index (Phi) is 4.75. The van der Waals surface area contributed by atoms with Crippen LogP contribution in [0.5, 0.6) is 5.75 Å². The molecule has 7 nitrogen and oxygen atoms in total. The van der Waals surface area contributed by atoms with E-state index in [0.29, 0.717) is 11.4 Å². The fourth-order valence-corrected chi connectivity index (χ4v) is 2.34. The highest BCUT2D eigenvalue weighted by atomic mass is 16.5. The van der Waals surface area contributed by atoms with Crippen molar-refractivity contribution in [2.45, 2.75) is 0 Å². The van der Waals surface area contributed by atoms with E-state index < -0.39 is 11.8 Å². The molecule has 0 atom stereocenters. The first-order valence-electron chi connectivity index (χ1n) is 7.52. The summed E-state index contributed by atoms with van der Waals surface area (Å²) in [6.07, 6.45) is 3.25. The number of nitrogens with zero attached hydrogens (tertiary/aromatic N) is 1. The fraction of sp³-hybridized carbons (Fsp3) is 0.0556. The molecule has 0 aliphatic rings. The highest BCUT2D eigenvalue weighted by Crippen LogP contribution is 2.22. The smallest absolute Gasteiger partial charge is 0.329 e. The zero-order valence-corrected chi connectivity index (χ0v) is 13.4. The third kappa shape index (κ3) is 3.66. The molecule has 0 saturated heterocycles. The maximum Gasteiger partial charge on any atom is 0.329 e. The number of rotatable bonds is 4. The normalized spacial score (nSPS) is 10.8. The summed E-state index contributed by atoms with van der Waals surface area (Å²) in [5, 5.41) is 7.28. The molecule has 2 aromatic carbocycles. The standard InChI is InChI=1S/C18H16N4O3/c1-25-16-9-5-4-8-15(16)21-17(23)18(24)22-20-11-12-10-19-14-7-3-2-6-13(12)14/h2-11,19H,1H3,(H,21,23)(H,22,24)/b20-11-. The van der Waals surface area contributed by atoms with Crippen molar-refractivity contribution in [2.24, 2.45) is 5.10 Å². The second-order valence-corrected chi connectivity index (χ2v) is 5.14. The molecular formula is C18H16N4O3. The summed E-state index contributed by atoms with van der Waals surface area (Å²) in [5.74, 6) is -1.24. The number of ether oxygens (including phenoxy) is 1. The van der Waals surface area contributed by atoms with Gasteiger partial charge >= 0.3 is 11.8 Å². The van der Waals surface area contributed by atoms with Gasteiger partial charge in [0.25, 0.3) is 0 Å². The molecule has 126 valence electrons. The summed E-state index contributed by atoms with van der Waals surface area (Å²) in [6, 6.07) is 14.5. The highest BCUT2D eigenvalue weighted by molar-refractivity contribution is 6.39. The molecule has 0 unspecified atom stereocenters. The SMILES string of the molecule is COc1ccccc1NC(=O)C(=O)N/N=C\c1c[nH]c2ccccc12. The Morgan fingerprint density at radius 1 is 1.08 bits per heavy atom. The summed E-state index contributed by atoms with van der Waals surface area (Å²) >= 11 is 0. The Morgan fingerprint density at radius 2 is 1.84 bits per heavy atom. The first-order chi connectivity index (χ1) is 12.2. The van der Waals surface area contributed by atoms with Crippen molar-refractivity contribution in [3.8, 4) is 5.75 Å². The van der Waals surface area contributed by atoms with Crippen LogP contribution >= 0.6 is 0 Å². The number of H-pyrrole nitrogens is 1. The molecule has 0 bridgehead atoms. The average Bonchev–Trinajstić information content (AvgIpc) is 3.05. The Labute approximate surface area is 143 Å². The minimum atomic E-state index is -0.873. The number of benzene rings is 2. The molecule has 0 radical (unpaired) electrons. The van der Waals surface area contributed by atoms with Crippen molar-refractivity contribution in [1.29, 1.82) is 0 Å². The van der Waals surface area contributed by atoms with Crippen LogP contribution in [0.15, 0.2) is 59.8 Å². The quantitative estimate of drug-likeness (QED) is 0.387.